The van der Waals surface area contributed by atoms with Gasteiger partial charge in [-0.25, -0.2) is 4.39 Å². The number of hydrogen-bond acceptors (Lipinski definition) is 3. The molecule has 3 nitrogen and oxygen atoms in total. The van der Waals surface area contributed by atoms with Crippen LogP contribution in [0.1, 0.15) is 16.7 Å². The molecule has 20 heavy (non-hydrogen) atoms. The lowest BCUT2D eigenvalue weighted by Crippen LogP contribution is -1.86. The normalized spacial score (nSPS) is 9.50. The van der Waals surface area contributed by atoms with Gasteiger partial charge < -0.3 is 4.84 Å². The van der Waals surface area contributed by atoms with Crippen molar-refractivity contribution in [1.29, 1.82) is 0 Å². The third kappa shape index (κ3) is 4.71. The van der Waals surface area contributed by atoms with E-state index in [4.69, 9.17) is 0 Å². The molecular weight excluding hydrogens is 279 g/mol. The Morgan fingerprint density at radius 2 is 1.85 bits per heavy atom. The Morgan fingerprint density at radius 1 is 1.15 bits per heavy atom. The van der Waals surface area contributed by atoms with Gasteiger partial charge in [0, 0.05) is 29.1 Å². The molecule has 0 fully saturated rings. The van der Waals surface area contributed by atoms with Gasteiger partial charge >= 0.3 is 0 Å². The van der Waals surface area contributed by atoms with Crippen LogP contribution >= 0.6 is 12.4 Å². The Kier molecular flexibility index (Phi) is 6.21. The minimum absolute atomic E-state index is 0. The molecule has 0 unspecified atom stereocenters. The number of oxime groups is 1. The number of pyridine rings is 1. The van der Waals surface area contributed by atoms with Gasteiger partial charge in [0.1, 0.15) is 12.9 Å². The summed E-state index contributed by atoms with van der Waals surface area (Å²) in [6, 6.07) is 7.86. The number of aromatic nitrogens is 1. The van der Waals surface area contributed by atoms with Crippen molar-refractivity contribution in [3.63, 3.8) is 0 Å². The van der Waals surface area contributed by atoms with E-state index in [1.165, 1.54) is 19.2 Å². The van der Waals surface area contributed by atoms with Crippen LogP contribution in [0.25, 0.3) is 0 Å². The fraction of sp³-hybridized carbons (Fsp3) is 0.0667. The minimum atomic E-state index is -0.273. The van der Waals surface area contributed by atoms with E-state index in [1.807, 2.05) is 6.07 Å². The van der Waals surface area contributed by atoms with E-state index in [-0.39, 0.29) is 18.2 Å². The molecule has 0 radical (unpaired) electrons. The highest BCUT2D eigenvalue weighted by molar-refractivity contribution is 5.85. The van der Waals surface area contributed by atoms with Gasteiger partial charge in [0.15, 0.2) is 0 Å². The predicted octanol–water partition coefficient (Wildman–Crippen LogP) is 3.02. The van der Waals surface area contributed by atoms with E-state index < -0.39 is 0 Å². The first-order valence-electron chi connectivity index (χ1n) is 5.57. The monoisotopic (exact) mass is 290 g/mol. The molecule has 0 saturated heterocycles. The van der Waals surface area contributed by atoms with E-state index in [0.717, 1.165) is 16.7 Å². The third-order valence-electron chi connectivity index (χ3n) is 2.26. The van der Waals surface area contributed by atoms with E-state index >= 15 is 0 Å². The number of benzene rings is 1. The van der Waals surface area contributed by atoms with Crippen LogP contribution in [0.3, 0.4) is 0 Å². The molecular formula is C15H12ClFN2O. The molecule has 0 aliphatic heterocycles. The van der Waals surface area contributed by atoms with Gasteiger partial charge in [-0.3, -0.25) is 4.98 Å². The number of hydrogen-bond donors (Lipinski definition) is 0. The average molecular weight is 291 g/mol. The fourth-order valence-electron chi connectivity index (χ4n) is 1.39. The SMILES string of the molecule is CO/N=C/c1cncc(C#Cc2ccc(F)cc2)c1.Cl. The summed E-state index contributed by atoms with van der Waals surface area (Å²) in [4.78, 5) is 8.65. The molecule has 1 aromatic heterocycles. The molecule has 0 aliphatic rings. The van der Waals surface area contributed by atoms with E-state index in [9.17, 15) is 4.39 Å². The van der Waals surface area contributed by atoms with Gasteiger partial charge in [-0.1, -0.05) is 17.0 Å². The third-order valence-corrected chi connectivity index (χ3v) is 2.26. The highest BCUT2D eigenvalue weighted by atomic mass is 35.5. The van der Waals surface area contributed by atoms with Crippen LogP contribution in [-0.4, -0.2) is 18.3 Å². The van der Waals surface area contributed by atoms with Crippen LogP contribution in [0.15, 0.2) is 47.9 Å². The first kappa shape index (κ1) is 15.7. The van der Waals surface area contributed by atoms with Gasteiger partial charge in [-0.05, 0) is 30.3 Å². The van der Waals surface area contributed by atoms with Crippen LogP contribution in [0.5, 0.6) is 0 Å². The van der Waals surface area contributed by atoms with Crippen molar-refractivity contribution in [2.24, 2.45) is 5.16 Å². The smallest absolute Gasteiger partial charge is 0.123 e. The fourth-order valence-corrected chi connectivity index (χ4v) is 1.39. The van der Waals surface area contributed by atoms with Gasteiger partial charge in [0.2, 0.25) is 0 Å². The molecule has 102 valence electrons. The van der Waals surface area contributed by atoms with E-state index in [0.29, 0.717) is 0 Å². The molecule has 0 bridgehead atoms. The van der Waals surface area contributed by atoms with Crippen LogP contribution in [0.2, 0.25) is 0 Å². The van der Waals surface area contributed by atoms with Crippen molar-refractivity contribution >= 4 is 18.6 Å². The van der Waals surface area contributed by atoms with Crippen molar-refractivity contribution < 1.29 is 9.23 Å². The summed E-state index contributed by atoms with van der Waals surface area (Å²) in [6.07, 6.45) is 4.86. The van der Waals surface area contributed by atoms with Crippen molar-refractivity contribution in [2.75, 3.05) is 7.11 Å². The van der Waals surface area contributed by atoms with Crippen molar-refractivity contribution in [2.45, 2.75) is 0 Å². The summed E-state index contributed by atoms with van der Waals surface area (Å²) in [7, 11) is 1.47. The summed E-state index contributed by atoms with van der Waals surface area (Å²) in [5, 5.41) is 3.66. The summed E-state index contributed by atoms with van der Waals surface area (Å²) >= 11 is 0. The molecule has 0 atom stereocenters. The van der Waals surface area contributed by atoms with Gasteiger partial charge in [-0.15, -0.1) is 12.4 Å². The molecule has 0 saturated carbocycles. The Bertz CT molecular complexity index is 645. The first-order chi connectivity index (χ1) is 9.28. The summed E-state index contributed by atoms with van der Waals surface area (Å²) in [6.45, 7) is 0. The molecule has 0 amide bonds. The predicted molar refractivity (Wildman–Crippen MR) is 78.5 cm³/mol. The van der Waals surface area contributed by atoms with Crippen LogP contribution < -0.4 is 0 Å². The molecule has 0 spiro atoms. The summed E-state index contributed by atoms with van der Waals surface area (Å²) in [5.74, 6) is 5.63. The van der Waals surface area contributed by atoms with E-state index in [1.54, 1.807) is 30.7 Å². The van der Waals surface area contributed by atoms with E-state index in [2.05, 4.69) is 26.8 Å². The highest BCUT2D eigenvalue weighted by Crippen LogP contribution is 2.03. The molecule has 0 N–H and O–H groups in total. The largest absolute Gasteiger partial charge is 0.399 e. The number of rotatable bonds is 2. The quantitative estimate of drug-likeness (QED) is 0.484. The topological polar surface area (TPSA) is 34.5 Å². The second-order valence-electron chi connectivity index (χ2n) is 3.68. The molecule has 2 rings (SSSR count). The summed E-state index contributed by atoms with van der Waals surface area (Å²) < 4.78 is 12.7. The van der Waals surface area contributed by atoms with Crippen molar-refractivity contribution in [1.82, 2.24) is 4.98 Å². The maximum atomic E-state index is 12.7. The van der Waals surface area contributed by atoms with Crippen molar-refractivity contribution in [3.05, 3.63) is 65.2 Å². The van der Waals surface area contributed by atoms with Crippen LogP contribution in [0.4, 0.5) is 4.39 Å². The lowest BCUT2D eigenvalue weighted by Gasteiger charge is -1.93. The summed E-state index contributed by atoms with van der Waals surface area (Å²) in [5.41, 5.74) is 2.30. The second kappa shape index (κ2) is 7.93. The lowest BCUT2D eigenvalue weighted by molar-refractivity contribution is 0.215. The average Bonchev–Trinajstić information content (AvgIpc) is 2.45. The lowest BCUT2D eigenvalue weighted by atomic mass is 10.2. The van der Waals surface area contributed by atoms with Crippen molar-refractivity contribution in [3.8, 4) is 11.8 Å². The molecule has 5 heteroatoms. The Labute approximate surface area is 122 Å². The zero-order valence-electron chi connectivity index (χ0n) is 10.7. The minimum Gasteiger partial charge on any atom is -0.399 e. The maximum absolute atomic E-state index is 12.7. The Morgan fingerprint density at radius 3 is 2.55 bits per heavy atom. The van der Waals surface area contributed by atoms with Gasteiger partial charge in [0.25, 0.3) is 0 Å². The first-order valence-corrected chi connectivity index (χ1v) is 5.57. The van der Waals surface area contributed by atoms with Crippen LogP contribution in [-0.2, 0) is 4.84 Å². The standard InChI is InChI=1S/C15H11FN2O.ClH/c1-19-18-11-14-8-13(9-17-10-14)3-2-12-4-6-15(16)7-5-12;/h4-11H,1H3;1H/b18-11+;. The number of halogens is 2. The van der Waals surface area contributed by atoms with Gasteiger partial charge in [-0.2, -0.15) is 0 Å². The molecule has 1 aromatic carbocycles. The Hall–Kier alpha value is -2.38. The zero-order valence-corrected chi connectivity index (χ0v) is 11.5. The van der Waals surface area contributed by atoms with Crippen LogP contribution in [0, 0.1) is 17.7 Å². The Balaban J connectivity index is 0.00000200. The zero-order chi connectivity index (χ0) is 13.5. The maximum Gasteiger partial charge on any atom is 0.123 e. The second-order valence-corrected chi connectivity index (χ2v) is 3.68. The van der Waals surface area contributed by atoms with Gasteiger partial charge in [0.05, 0.1) is 6.21 Å². The molecule has 2 aromatic rings. The highest BCUT2D eigenvalue weighted by Gasteiger charge is 1.92. The molecule has 0 aliphatic carbocycles. The number of nitrogens with zero attached hydrogens (tertiary/aromatic N) is 2. The molecule has 1 heterocycles.